The third-order valence-corrected chi connectivity index (χ3v) is 5.03. The summed E-state index contributed by atoms with van der Waals surface area (Å²) in [4.78, 5) is 17.1. The maximum absolute atomic E-state index is 12.4. The van der Waals surface area contributed by atoms with E-state index in [0.717, 1.165) is 32.6 Å². The van der Waals surface area contributed by atoms with Gasteiger partial charge in [-0.2, -0.15) is 0 Å². The van der Waals surface area contributed by atoms with E-state index in [-0.39, 0.29) is 0 Å². The summed E-state index contributed by atoms with van der Waals surface area (Å²) in [6.45, 7) is 6.60. The van der Waals surface area contributed by atoms with Crippen LogP contribution in [0.5, 0.6) is 0 Å². The van der Waals surface area contributed by atoms with Gasteiger partial charge in [-0.1, -0.05) is 0 Å². The minimum atomic E-state index is 0.401. The molecule has 4 nitrogen and oxygen atoms in total. The monoisotopic (exact) mass is 265 g/mol. The van der Waals surface area contributed by atoms with Crippen molar-refractivity contribution in [2.75, 3.05) is 39.3 Å². The Morgan fingerprint density at radius 2 is 1.95 bits per heavy atom. The van der Waals surface area contributed by atoms with Crippen molar-refractivity contribution < 1.29 is 4.79 Å². The average molecular weight is 265 g/mol. The maximum atomic E-state index is 12.4. The van der Waals surface area contributed by atoms with Crippen LogP contribution in [-0.4, -0.2) is 61.0 Å². The molecule has 3 aliphatic rings. The molecule has 1 amide bonds. The summed E-state index contributed by atoms with van der Waals surface area (Å²) in [7, 11) is 0. The van der Waals surface area contributed by atoms with Crippen molar-refractivity contribution in [1.82, 2.24) is 15.1 Å². The molecule has 2 unspecified atom stereocenters. The molecule has 0 spiro atoms. The lowest BCUT2D eigenvalue weighted by Gasteiger charge is -2.38. The van der Waals surface area contributed by atoms with Crippen LogP contribution in [0.3, 0.4) is 0 Å². The van der Waals surface area contributed by atoms with Gasteiger partial charge in [-0.25, -0.2) is 0 Å². The summed E-state index contributed by atoms with van der Waals surface area (Å²) in [5, 5.41) is 3.36. The second-order valence-electron chi connectivity index (χ2n) is 6.44. The largest absolute Gasteiger partial charge is 0.341 e. The number of nitrogens with one attached hydrogen (secondary N) is 1. The normalized spacial score (nSPS) is 32.9. The molecule has 0 aromatic heterocycles. The fraction of sp³-hybridized carbons (Fsp3) is 0.933. The molecule has 0 saturated carbocycles. The highest BCUT2D eigenvalue weighted by Gasteiger charge is 2.30. The molecule has 3 aliphatic heterocycles. The smallest absolute Gasteiger partial charge is 0.222 e. The van der Waals surface area contributed by atoms with Gasteiger partial charge >= 0.3 is 0 Å². The van der Waals surface area contributed by atoms with Crippen molar-refractivity contribution in [3.8, 4) is 0 Å². The molecule has 108 valence electrons. The van der Waals surface area contributed by atoms with Crippen molar-refractivity contribution in [2.45, 2.75) is 44.6 Å². The molecule has 2 atom stereocenters. The average Bonchev–Trinajstić information content (AvgIpc) is 3.12. The standard InChI is InChI=1S/C15H27N3O/c19-15(10-13-5-6-16-11-13)18-9-3-4-14(12-18)17-7-1-2-8-17/h13-14,16H,1-12H2. The number of carbonyl (C=O) groups is 1. The molecule has 3 heterocycles. The van der Waals surface area contributed by atoms with E-state index in [1.54, 1.807) is 0 Å². The number of rotatable bonds is 3. The van der Waals surface area contributed by atoms with Crippen LogP contribution < -0.4 is 5.32 Å². The van der Waals surface area contributed by atoms with E-state index >= 15 is 0 Å². The van der Waals surface area contributed by atoms with E-state index in [9.17, 15) is 4.79 Å². The number of piperidine rings is 1. The van der Waals surface area contributed by atoms with Gasteiger partial charge in [0.25, 0.3) is 0 Å². The van der Waals surface area contributed by atoms with Gasteiger partial charge in [0.15, 0.2) is 0 Å². The molecular formula is C15H27N3O. The summed E-state index contributed by atoms with van der Waals surface area (Å²) in [6.07, 6.45) is 7.11. The molecule has 3 fully saturated rings. The van der Waals surface area contributed by atoms with Crippen LogP contribution in [0.25, 0.3) is 0 Å². The van der Waals surface area contributed by atoms with Gasteiger partial charge in [0.2, 0.25) is 5.91 Å². The highest BCUT2D eigenvalue weighted by Crippen LogP contribution is 2.22. The van der Waals surface area contributed by atoms with Crippen molar-refractivity contribution in [1.29, 1.82) is 0 Å². The van der Waals surface area contributed by atoms with E-state index in [0.29, 0.717) is 17.9 Å². The number of hydrogen-bond acceptors (Lipinski definition) is 3. The Kier molecular flexibility index (Phi) is 4.38. The summed E-state index contributed by atoms with van der Waals surface area (Å²) in [6, 6.07) is 0.641. The predicted octanol–water partition coefficient (Wildman–Crippen LogP) is 1.07. The zero-order valence-corrected chi connectivity index (χ0v) is 11.9. The van der Waals surface area contributed by atoms with Crippen LogP contribution in [-0.2, 0) is 4.79 Å². The number of nitrogens with zero attached hydrogens (tertiary/aromatic N) is 2. The molecule has 0 radical (unpaired) electrons. The van der Waals surface area contributed by atoms with E-state index in [1.165, 1.54) is 45.2 Å². The van der Waals surface area contributed by atoms with Crippen molar-refractivity contribution in [3.63, 3.8) is 0 Å². The first-order valence-electron chi connectivity index (χ1n) is 8.05. The first-order chi connectivity index (χ1) is 9.33. The zero-order chi connectivity index (χ0) is 13.1. The lowest BCUT2D eigenvalue weighted by molar-refractivity contribution is -0.134. The van der Waals surface area contributed by atoms with E-state index in [1.807, 2.05) is 0 Å². The van der Waals surface area contributed by atoms with Crippen LogP contribution in [0.2, 0.25) is 0 Å². The third kappa shape index (κ3) is 3.29. The fourth-order valence-electron chi connectivity index (χ4n) is 3.85. The molecular weight excluding hydrogens is 238 g/mol. The highest BCUT2D eigenvalue weighted by molar-refractivity contribution is 5.76. The van der Waals surface area contributed by atoms with Gasteiger partial charge in [-0.3, -0.25) is 9.69 Å². The van der Waals surface area contributed by atoms with Crippen LogP contribution >= 0.6 is 0 Å². The minimum Gasteiger partial charge on any atom is -0.341 e. The van der Waals surface area contributed by atoms with Crippen LogP contribution in [0.15, 0.2) is 0 Å². The minimum absolute atomic E-state index is 0.401. The predicted molar refractivity (Wildman–Crippen MR) is 76.0 cm³/mol. The molecule has 1 N–H and O–H groups in total. The number of carbonyl (C=O) groups excluding carboxylic acids is 1. The number of amides is 1. The quantitative estimate of drug-likeness (QED) is 0.829. The number of likely N-dealkylation sites (tertiary alicyclic amines) is 2. The SMILES string of the molecule is O=C(CC1CCNC1)N1CCCC(N2CCCC2)C1. The van der Waals surface area contributed by atoms with Gasteiger partial charge in [0, 0.05) is 25.6 Å². The van der Waals surface area contributed by atoms with Crippen molar-refractivity contribution in [3.05, 3.63) is 0 Å². The molecule has 0 bridgehead atoms. The van der Waals surface area contributed by atoms with Crippen molar-refractivity contribution in [2.24, 2.45) is 5.92 Å². The second kappa shape index (κ2) is 6.23. The van der Waals surface area contributed by atoms with Crippen LogP contribution in [0.1, 0.15) is 38.5 Å². The van der Waals surface area contributed by atoms with Gasteiger partial charge in [-0.05, 0) is 64.2 Å². The Hall–Kier alpha value is -0.610. The maximum Gasteiger partial charge on any atom is 0.222 e. The Balaban J connectivity index is 1.50. The molecule has 0 aromatic carbocycles. The Bertz CT molecular complexity index is 309. The lowest BCUT2D eigenvalue weighted by Crippen LogP contribution is -2.49. The van der Waals surface area contributed by atoms with E-state index in [4.69, 9.17) is 0 Å². The first-order valence-corrected chi connectivity index (χ1v) is 8.05. The second-order valence-corrected chi connectivity index (χ2v) is 6.44. The fourth-order valence-corrected chi connectivity index (χ4v) is 3.85. The highest BCUT2D eigenvalue weighted by atomic mass is 16.2. The Labute approximate surface area is 116 Å². The molecule has 19 heavy (non-hydrogen) atoms. The molecule has 3 saturated heterocycles. The Morgan fingerprint density at radius 1 is 1.11 bits per heavy atom. The lowest BCUT2D eigenvalue weighted by atomic mass is 10.0. The summed E-state index contributed by atoms with van der Waals surface area (Å²) in [5.41, 5.74) is 0. The molecule has 0 aromatic rings. The third-order valence-electron chi connectivity index (χ3n) is 5.03. The van der Waals surface area contributed by atoms with Gasteiger partial charge in [-0.15, -0.1) is 0 Å². The number of hydrogen-bond donors (Lipinski definition) is 1. The summed E-state index contributed by atoms with van der Waals surface area (Å²) < 4.78 is 0. The molecule has 0 aliphatic carbocycles. The summed E-state index contributed by atoms with van der Waals surface area (Å²) in [5.74, 6) is 0.984. The Morgan fingerprint density at radius 3 is 2.68 bits per heavy atom. The van der Waals surface area contributed by atoms with Crippen LogP contribution in [0, 0.1) is 5.92 Å². The van der Waals surface area contributed by atoms with E-state index < -0.39 is 0 Å². The molecule has 4 heteroatoms. The van der Waals surface area contributed by atoms with E-state index in [2.05, 4.69) is 15.1 Å². The first kappa shape index (κ1) is 13.4. The van der Waals surface area contributed by atoms with Crippen LogP contribution in [0.4, 0.5) is 0 Å². The summed E-state index contributed by atoms with van der Waals surface area (Å²) >= 11 is 0. The zero-order valence-electron chi connectivity index (χ0n) is 11.9. The topological polar surface area (TPSA) is 35.6 Å². The molecule has 3 rings (SSSR count). The van der Waals surface area contributed by atoms with Gasteiger partial charge < -0.3 is 10.2 Å². The van der Waals surface area contributed by atoms with Gasteiger partial charge in [0.05, 0.1) is 0 Å². The van der Waals surface area contributed by atoms with Gasteiger partial charge in [0.1, 0.15) is 0 Å². The van der Waals surface area contributed by atoms with Crippen molar-refractivity contribution >= 4 is 5.91 Å².